The minimum absolute atomic E-state index is 0.0616. The van der Waals surface area contributed by atoms with Crippen LogP contribution in [-0.2, 0) is 11.2 Å². The Morgan fingerprint density at radius 2 is 1.64 bits per heavy atom. The largest absolute Gasteiger partial charge is 0.339 e. The van der Waals surface area contributed by atoms with E-state index in [4.69, 9.17) is 4.52 Å². The van der Waals surface area contributed by atoms with Crippen molar-refractivity contribution in [2.75, 3.05) is 6.54 Å². The molecule has 0 aliphatic heterocycles. The molecule has 166 valence electrons. The fraction of sp³-hybridized carbons (Fsp3) is 0.179. The van der Waals surface area contributed by atoms with Crippen LogP contribution in [0.3, 0.4) is 0 Å². The molecule has 0 spiro atoms. The average Bonchev–Trinajstić information content (AvgIpc) is 3.33. The number of rotatable bonds is 8. The lowest BCUT2D eigenvalue weighted by Crippen LogP contribution is -2.34. The summed E-state index contributed by atoms with van der Waals surface area (Å²) in [4.78, 5) is 19.6. The number of carbonyl (C=O) groups excluding carboxylic acids is 1. The van der Waals surface area contributed by atoms with E-state index in [1.165, 1.54) is 5.56 Å². The van der Waals surface area contributed by atoms with Crippen molar-refractivity contribution >= 4 is 12.0 Å². The van der Waals surface area contributed by atoms with Gasteiger partial charge in [-0.25, -0.2) is 0 Å². The van der Waals surface area contributed by atoms with E-state index in [-0.39, 0.29) is 11.9 Å². The van der Waals surface area contributed by atoms with Gasteiger partial charge >= 0.3 is 0 Å². The van der Waals surface area contributed by atoms with Crippen molar-refractivity contribution in [2.24, 2.45) is 0 Å². The van der Waals surface area contributed by atoms with Crippen LogP contribution in [0.4, 0.5) is 0 Å². The molecule has 1 amide bonds. The summed E-state index contributed by atoms with van der Waals surface area (Å²) < 4.78 is 5.48. The van der Waals surface area contributed by atoms with E-state index in [0.29, 0.717) is 24.7 Å². The molecular formula is C28H27N3O2. The number of benzene rings is 3. The number of aryl methyl sites for hydroxylation is 1. The average molecular weight is 438 g/mol. The third-order valence-corrected chi connectivity index (χ3v) is 5.59. The van der Waals surface area contributed by atoms with Crippen LogP contribution in [0.1, 0.15) is 35.5 Å². The molecule has 3 aromatic carbocycles. The predicted octanol–water partition coefficient (Wildman–Crippen LogP) is 5.89. The number of carbonyl (C=O) groups is 1. The number of hydrogen-bond acceptors (Lipinski definition) is 4. The van der Waals surface area contributed by atoms with E-state index in [9.17, 15) is 4.79 Å². The Balaban J connectivity index is 1.50. The Labute approximate surface area is 194 Å². The summed E-state index contributed by atoms with van der Waals surface area (Å²) in [5.41, 5.74) is 4.14. The predicted molar refractivity (Wildman–Crippen MR) is 130 cm³/mol. The number of amides is 1. The summed E-state index contributed by atoms with van der Waals surface area (Å²) in [7, 11) is 0. The maximum atomic E-state index is 13.2. The van der Waals surface area contributed by atoms with Crippen LogP contribution in [0.15, 0.2) is 95.5 Å². The zero-order valence-electron chi connectivity index (χ0n) is 18.9. The van der Waals surface area contributed by atoms with Gasteiger partial charge in [0, 0.05) is 24.6 Å². The highest BCUT2D eigenvalue weighted by atomic mass is 16.5. The summed E-state index contributed by atoms with van der Waals surface area (Å²) in [5, 5.41) is 4.11. The molecule has 4 aromatic rings. The lowest BCUT2D eigenvalue weighted by atomic mass is 10.1. The molecule has 0 saturated heterocycles. The smallest absolute Gasteiger partial charge is 0.247 e. The highest BCUT2D eigenvalue weighted by Crippen LogP contribution is 2.22. The minimum Gasteiger partial charge on any atom is -0.339 e. The molecule has 1 unspecified atom stereocenters. The fourth-order valence-corrected chi connectivity index (χ4v) is 3.63. The fourth-order valence-electron chi connectivity index (χ4n) is 3.63. The van der Waals surface area contributed by atoms with Crippen molar-refractivity contribution in [3.63, 3.8) is 0 Å². The zero-order chi connectivity index (χ0) is 23.0. The van der Waals surface area contributed by atoms with Crippen molar-refractivity contribution in [2.45, 2.75) is 26.3 Å². The third kappa shape index (κ3) is 5.83. The Morgan fingerprint density at radius 1 is 0.970 bits per heavy atom. The van der Waals surface area contributed by atoms with Crippen molar-refractivity contribution in [3.8, 4) is 11.4 Å². The number of hydrogen-bond donors (Lipinski definition) is 0. The first-order valence-electron chi connectivity index (χ1n) is 11.1. The Kier molecular flexibility index (Phi) is 7.10. The molecular weight excluding hydrogens is 410 g/mol. The molecule has 0 bridgehead atoms. The Bertz CT molecular complexity index is 1200. The molecule has 1 atom stereocenters. The summed E-state index contributed by atoms with van der Waals surface area (Å²) in [6, 6.07) is 27.7. The van der Waals surface area contributed by atoms with Crippen molar-refractivity contribution in [3.05, 3.63) is 114 Å². The van der Waals surface area contributed by atoms with Crippen LogP contribution in [0.2, 0.25) is 0 Å². The molecule has 0 N–H and O–H groups in total. The molecule has 5 heteroatoms. The molecule has 0 saturated carbocycles. The SMILES string of the molecule is Cc1ccc(-c2noc(CCN(C(=O)/C=C/c3ccccc3)C(C)c3ccccc3)n2)cc1. The van der Waals surface area contributed by atoms with Crippen molar-refractivity contribution in [1.29, 1.82) is 0 Å². The maximum absolute atomic E-state index is 13.2. The van der Waals surface area contributed by atoms with E-state index < -0.39 is 0 Å². The molecule has 0 aliphatic carbocycles. The van der Waals surface area contributed by atoms with E-state index in [2.05, 4.69) is 10.1 Å². The monoisotopic (exact) mass is 437 g/mol. The second-order valence-corrected chi connectivity index (χ2v) is 7.99. The molecule has 33 heavy (non-hydrogen) atoms. The molecule has 1 heterocycles. The van der Waals surface area contributed by atoms with Gasteiger partial charge in [-0.2, -0.15) is 4.98 Å². The summed E-state index contributed by atoms with van der Waals surface area (Å²) in [5.74, 6) is 1.01. The van der Waals surface area contributed by atoms with Crippen molar-refractivity contribution < 1.29 is 9.32 Å². The first-order chi connectivity index (χ1) is 16.1. The van der Waals surface area contributed by atoms with Crippen LogP contribution in [0.25, 0.3) is 17.5 Å². The second kappa shape index (κ2) is 10.6. The highest BCUT2D eigenvalue weighted by molar-refractivity contribution is 5.92. The number of nitrogens with zero attached hydrogens (tertiary/aromatic N) is 3. The zero-order valence-corrected chi connectivity index (χ0v) is 18.9. The Hall–Kier alpha value is -3.99. The van der Waals surface area contributed by atoms with Crippen LogP contribution >= 0.6 is 0 Å². The minimum atomic E-state index is -0.0985. The third-order valence-electron chi connectivity index (χ3n) is 5.59. The van der Waals surface area contributed by atoms with Gasteiger partial charge in [0.15, 0.2) is 0 Å². The van der Waals surface area contributed by atoms with Gasteiger partial charge in [0.1, 0.15) is 0 Å². The molecule has 4 rings (SSSR count). The maximum Gasteiger partial charge on any atom is 0.247 e. The van der Waals surface area contributed by atoms with Gasteiger partial charge in [0.25, 0.3) is 0 Å². The van der Waals surface area contributed by atoms with Crippen LogP contribution < -0.4 is 0 Å². The van der Waals surface area contributed by atoms with Gasteiger partial charge in [-0.05, 0) is 31.1 Å². The second-order valence-electron chi connectivity index (χ2n) is 7.99. The first kappa shape index (κ1) is 22.2. The lowest BCUT2D eigenvalue weighted by molar-refractivity contribution is -0.128. The summed E-state index contributed by atoms with van der Waals surface area (Å²) in [6.07, 6.45) is 3.94. The lowest BCUT2D eigenvalue weighted by Gasteiger charge is -2.28. The van der Waals surface area contributed by atoms with Gasteiger partial charge in [-0.3, -0.25) is 4.79 Å². The van der Waals surface area contributed by atoms with E-state index in [1.807, 2.05) is 110 Å². The normalized spacial score (nSPS) is 12.1. The summed E-state index contributed by atoms with van der Waals surface area (Å²) >= 11 is 0. The number of aromatic nitrogens is 2. The topological polar surface area (TPSA) is 59.2 Å². The van der Waals surface area contributed by atoms with Gasteiger partial charge in [-0.15, -0.1) is 0 Å². The van der Waals surface area contributed by atoms with E-state index in [1.54, 1.807) is 6.08 Å². The summed E-state index contributed by atoms with van der Waals surface area (Å²) in [6.45, 7) is 4.54. The van der Waals surface area contributed by atoms with E-state index >= 15 is 0 Å². The first-order valence-corrected chi connectivity index (χ1v) is 11.1. The molecule has 1 aromatic heterocycles. The van der Waals surface area contributed by atoms with Gasteiger partial charge in [0.05, 0.1) is 6.04 Å². The van der Waals surface area contributed by atoms with E-state index in [0.717, 1.165) is 16.7 Å². The molecule has 0 radical (unpaired) electrons. The van der Waals surface area contributed by atoms with Crippen LogP contribution in [0.5, 0.6) is 0 Å². The highest BCUT2D eigenvalue weighted by Gasteiger charge is 2.21. The Morgan fingerprint density at radius 3 is 2.33 bits per heavy atom. The molecule has 5 nitrogen and oxygen atoms in total. The molecule has 0 aliphatic rings. The van der Waals surface area contributed by atoms with Gasteiger partial charge < -0.3 is 9.42 Å². The van der Waals surface area contributed by atoms with Crippen molar-refractivity contribution in [1.82, 2.24) is 15.0 Å². The van der Waals surface area contributed by atoms with Crippen LogP contribution in [0, 0.1) is 6.92 Å². The van der Waals surface area contributed by atoms with Gasteiger partial charge in [-0.1, -0.05) is 95.6 Å². The standard InChI is InChI=1S/C28H27N3O2/c1-21-13-16-25(17-14-21)28-29-26(33-30-28)19-20-31(22(2)24-11-7-4-8-12-24)27(32)18-15-23-9-5-3-6-10-23/h3-18,22H,19-20H2,1-2H3/b18-15+. The van der Waals surface area contributed by atoms with Crippen LogP contribution in [-0.4, -0.2) is 27.5 Å². The molecule has 0 fully saturated rings. The quantitative estimate of drug-likeness (QED) is 0.323. The van der Waals surface area contributed by atoms with Gasteiger partial charge in [0.2, 0.25) is 17.6 Å².